The molecule has 0 radical (unpaired) electrons. The Balaban J connectivity index is 1.42. The minimum atomic E-state index is -0.265. The highest BCUT2D eigenvalue weighted by molar-refractivity contribution is 5.51. The lowest BCUT2D eigenvalue weighted by molar-refractivity contribution is -0.00715. The number of halogens is 1. The van der Waals surface area contributed by atoms with E-state index in [9.17, 15) is 4.39 Å². The van der Waals surface area contributed by atoms with Crippen LogP contribution in [0.5, 0.6) is 0 Å². The van der Waals surface area contributed by atoms with Crippen LogP contribution in [-0.2, 0) is 6.54 Å². The zero-order valence-corrected chi connectivity index (χ0v) is 16.6. The van der Waals surface area contributed by atoms with Crippen molar-refractivity contribution in [1.29, 1.82) is 0 Å². The van der Waals surface area contributed by atoms with Crippen molar-refractivity contribution < 1.29 is 8.81 Å². The summed E-state index contributed by atoms with van der Waals surface area (Å²) >= 11 is 0. The lowest BCUT2D eigenvalue weighted by Crippen LogP contribution is -2.45. The molecule has 0 N–H and O–H groups in total. The molecular weight excluding hydrogens is 341 g/mol. The smallest absolute Gasteiger partial charge is 0.247 e. The Bertz CT molecular complexity index is 753. The van der Waals surface area contributed by atoms with Crippen LogP contribution in [-0.4, -0.2) is 28.7 Å². The Morgan fingerprint density at radius 1 is 1.07 bits per heavy atom. The molecule has 4 rings (SSSR count). The van der Waals surface area contributed by atoms with Crippen LogP contribution in [0.15, 0.2) is 28.7 Å². The molecule has 5 heteroatoms. The van der Waals surface area contributed by atoms with Crippen molar-refractivity contribution in [1.82, 2.24) is 15.1 Å². The first-order valence-corrected chi connectivity index (χ1v) is 10.2. The van der Waals surface area contributed by atoms with E-state index in [4.69, 9.17) is 4.42 Å². The molecule has 2 aliphatic carbocycles. The molecule has 4 nitrogen and oxygen atoms in total. The summed E-state index contributed by atoms with van der Waals surface area (Å²) in [5, 5.41) is 8.34. The fourth-order valence-electron chi connectivity index (χ4n) is 5.99. The van der Waals surface area contributed by atoms with Crippen molar-refractivity contribution in [2.24, 2.45) is 23.2 Å². The van der Waals surface area contributed by atoms with Gasteiger partial charge in [-0.15, -0.1) is 10.2 Å². The van der Waals surface area contributed by atoms with Crippen LogP contribution in [0.1, 0.15) is 51.8 Å². The Morgan fingerprint density at radius 2 is 1.74 bits per heavy atom. The summed E-state index contributed by atoms with van der Waals surface area (Å²) in [4.78, 5) is 2.34. The van der Waals surface area contributed by atoms with Crippen molar-refractivity contribution in [3.63, 3.8) is 0 Å². The summed E-state index contributed by atoms with van der Waals surface area (Å²) in [7, 11) is 2.16. The molecule has 27 heavy (non-hydrogen) atoms. The van der Waals surface area contributed by atoms with Gasteiger partial charge in [0.25, 0.3) is 0 Å². The maximum absolute atomic E-state index is 13.1. The van der Waals surface area contributed by atoms with Gasteiger partial charge >= 0.3 is 0 Å². The Morgan fingerprint density at radius 3 is 2.41 bits per heavy atom. The Hall–Kier alpha value is -1.75. The summed E-state index contributed by atoms with van der Waals surface area (Å²) in [6.45, 7) is 6.59. The van der Waals surface area contributed by atoms with Crippen molar-refractivity contribution in [2.45, 2.75) is 52.5 Å². The second-order valence-corrected chi connectivity index (χ2v) is 9.34. The van der Waals surface area contributed by atoms with Gasteiger partial charge in [0.15, 0.2) is 0 Å². The summed E-state index contributed by atoms with van der Waals surface area (Å²) < 4.78 is 18.9. The fraction of sp³-hybridized carbons (Fsp3) is 0.636. The molecule has 0 aliphatic heterocycles. The van der Waals surface area contributed by atoms with Gasteiger partial charge in [-0.25, -0.2) is 4.39 Å². The topological polar surface area (TPSA) is 42.2 Å². The second-order valence-electron chi connectivity index (χ2n) is 9.34. The first kappa shape index (κ1) is 18.6. The summed E-state index contributed by atoms with van der Waals surface area (Å²) in [5.41, 5.74) is 1.19. The van der Waals surface area contributed by atoms with E-state index in [-0.39, 0.29) is 5.82 Å². The average molecular weight is 372 g/mol. The maximum atomic E-state index is 13.1. The lowest BCUT2D eigenvalue weighted by Gasteiger charge is -2.51. The van der Waals surface area contributed by atoms with Crippen LogP contribution in [0.2, 0.25) is 0 Å². The van der Waals surface area contributed by atoms with Crippen molar-refractivity contribution >= 4 is 0 Å². The molecule has 146 valence electrons. The van der Waals surface area contributed by atoms with Gasteiger partial charge in [0, 0.05) is 12.1 Å². The minimum absolute atomic E-state index is 0.265. The third-order valence-electron chi connectivity index (χ3n) is 6.32. The van der Waals surface area contributed by atoms with Gasteiger partial charge in [-0.05, 0) is 86.6 Å². The van der Waals surface area contributed by atoms with Crippen molar-refractivity contribution in [2.75, 3.05) is 13.6 Å². The number of hydrogen-bond acceptors (Lipinski definition) is 4. The second kappa shape index (κ2) is 7.34. The van der Waals surface area contributed by atoms with Gasteiger partial charge in [-0.2, -0.15) is 0 Å². The van der Waals surface area contributed by atoms with Gasteiger partial charge in [-0.1, -0.05) is 13.8 Å². The molecule has 0 spiro atoms. The number of hydrogen-bond donors (Lipinski definition) is 0. The molecule has 1 heterocycles. The quantitative estimate of drug-likeness (QED) is 0.728. The SMILES string of the molecule is CC1CC2CC(C)CC(CN(C)Cc3nnc(-c4ccc(F)cc4)o3)(C1)C2. The first-order chi connectivity index (χ1) is 12.9. The summed E-state index contributed by atoms with van der Waals surface area (Å²) in [6, 6.07) is 6.16. The normalized spacial score (nSPS) is 30.6. The first-order valence-electron chi connectivity index (χ1n) is 10.2. The molecule has 2 aliphatic rings. The van der Waals surface area contributed by atoms with Crippen LogP contribution in [0.3, 0.4) is 0 Å². The highest BCUT2D eigenvalue weighted by atomic mass is 19.1. The largest absolute Gasteiger partial charge is 0.419 e. The molecule has 2 unspecified atom stereocenters. The van der Waals surface area contributed by atoms with E-state index in [1.165, 1.54) is 44.2 Å². The highest BCUT2D eigenvalue weighted by Gasteiger charge is 2.44. The van der Waals surface area contributed by atoms with E-state index in [0.717, 1.165) is 29.9 Å². The van der Waals surface area contributed by atoms with Crippen LogP contribution in [0.4, 0.5) is 4.39 Å². The van der Waals surface area contributed by atoms with E-state index in [1.807, 2.05) is 0 Å². The summed E-state index contributed by atoms with van der Waals surface area (Å²) in [6.07, 6.45) is 6.85. The molecule has 2 bridgehead atoms. The van der Waals surface area contributed by atoms with Crippen molar-refractivity contribution in [3.8, 4) is 11.5 Å². The standard InChI is InChI=1S/C22H30FN3O/c1-15-8-17-9-16(2)11-22(10-15,12-17)14-26(3)13-20-24-25-21(27-20)18-4-6-19(23)7-5-18/h4-7,15-17H,8-14H2,1-3H3. The molecule has 1 aromatic heterocycles. The van der Waals surface area contributed by atoms with Crippen LogP contribution in [0.25, 0.3) is 11.5 Å². The van der Waals surface area contributed by atoms with Gasteiger partial charge < -0.3 is 4.42 Å². The Kier molecular flexibility index (Phi) is 5.06. The predicted octanol–water partition coefficient (Wildman–Crippen LogP) is 5.16. The van der Waals surface area contributed by atoms with E-state index in [0.29, 0.717) is 23.7 Å². The van der Waals surface area contributed by atoms with Crippen LogP contribution < -0.4 is 0 Å². The van der Waals surface area contributed by atoms with Gasteiger partial charge in [0.2, 0.25) is 11.8 Å². The highest BCUT2D eigenvalue weighted by Crippen LogP contribution is 2.53. The molecular formula is C22H30FN3O. The maximum Gasteiger partial charge on any atom is 0.247 e. The third-order valence-corrected chi connectivity index (χ3v) is 6.32. The zero-order valence-electron chi connectivity index (χ0n) is 16.6. The Labute approximate surface area is 161 Å². The van der Waals surface area contributed by atoms with Gasteiger partial charge in [0.1, 0.15) is 5.82 Å². The van der Waals surface area contributed by atoms with E-state index >= 15 is 0 Å². The fourth-order valence-corrected chi connectivity index (χ4v) is 5.99. The lowest BCUT2D eigenvalue weighted by atomic mass is 9.56. The molecule has 2 fully saturated rings. The number of fused-ring (bicyclic) bond motifs is 2. The van der Waals surface area contributed by atoms with Crippen LogP contribution in [0, 0.1) is 29.0 Å². The van der Waals surface area contributed by atoms with E-state index < -0.39 is 0 Å². The number of nitrogens with zero attached hydrogens (tertiary/aromatic N) is 3. The van der Waals surface area contributed by atoms with Gasteiger partial charge in [-0.3, -0.25) is 4.90 Å². The number of aromatic nitrogens is 2. The molecule has 1 aromatic carbocycles. The molecule has 2 saturated carbocycles. The van der Waals surface area contributed by atoms with Crippen LogP contribution >= 0.6 is 0 Å². The number of benzene rings is 1. The molecule has 0 saturated heterocycles. The third kappa shape index (κ3) is 4.23. The minimum Gasteiger partial charge on any atom is -0.419 e. The monoisotopic (exact) mass is 371 g/mol. The van der Waals surface area contributed by atoms with E-state index in [2.05, 4.69) is 36.0 Å². The summed E-state index contributed by atoms with van der Waals surface area (Å²) in [5.74, 6) is 3.38. The van der Waals surface area contributed by atoms with E-state index in [1.54, 1.807) is 12.1 Å². The molecule has 2 atom stereocenters. The number of rotatable bonds is 5. The van der Waals surface area contributed by atoms with Gasteiger partial charge in [0.05, 0.1) is 6.54 Å². The zero-order chi connectivity index (χ0) is 19.0. The molecule has 2 aromatic rings. The van der Waals surface area contributed by atoms with Crippen molar-refractivity contribution in [3.05, 3.63) is 36.0 Å². The predicted molar refractivity (Wildman–Crippen MR) is 103 cm³/mol. The molecule has 0 amide bonds. The average Bonchev–Trinajstić information content (AvgIpc) is 3.01.